The van der Waals surface area contributed by atoms with Gasteiger partial charge in [0.25, 0.3) is 10.0 Å². The van der Waals surface area contributed by atoms with E-state index in [1.807, 2.05) is 13.8 Å². The molecule has 1 aliphatic heterocycles. The molecule has 1 atom stereocenters. The zero-order valence-corrected chi connectivity index (χ0v) is 13.7. The van der Waals surface area contributed by atoms with Crippen molar-refractivity contribution in [2.24, 2.45) is 11.1 Å². The van der Waals surface area contributed by atoms with E-state index >= 15 is 0 Å². The molecule has 1 fully saturated rings. The fourth-order valence-electron chi connectivity index (χ4n) is 2.12. The van der Waals surface area contributed by atoms with Crippen molar-refractivity contribution in [3.63, 3.8) is 0 Å². The zero-order valence-electron chi connectivity index (χ0n) is 11.3. The van der Waals surface area contributed by atoms with Crippen molar-refractivity contribution in [2.45, 2.75) is 37.4 Å². The molecule has 0 saturated carbocycles. The number of aryl methyl sites for hydroxylation is 1. The minimum Gasteiger partial charge on any atom is -0.327 e. The van der Waals surface area contributed by atoms with Gasteiger partial charge in [-0.2, -0.15) is 4.31 Å². The summed E-state index contributed by atoms with van der Waals surface area (Å²) in [6, 6.07) is 0.0483. The lowest BCUT2D eigenvalue weighted by Crippen LogP contribution is -2.53. The monoisotopic (exact) mass is 325 g/mol. The lowest BCUT2D eigenvalue weighted by atomic mass is 9.81. The van der Waals surface area contributed by atoms with Crippen molar-refractivity contribution in [1.29, 1.82) is 0 Å². The molecular formula is C11H20ClN3O2S2. The van der Waals surface area contributed by atoms with Crippen LogP contribution in [-0.2, 0) is 10.0 Å². The van der Waals surface area contributed by atoms with E-state index in [9.17, 15) is 8.42 Å². The molecule has 110 valence electrons. The van der Waals surface area contributed by atoms with Gasteiger partial charge in [0.05, 0.1) is 11.2 Å². The first-order chi connectivity index (χ1) is 8.23. The molecule has 0 radical (unpaired) electrons. The number of aromatic nitrogens is 1. The SMILES string of the molecule is Cc1ncc(S(=O)(=O)N2CCC(N)C(C)(C)C2)s1.Cl. The molecule has 0 aliphatic carbocycles. The summed E-state index contributed by atoms with van der Waals surface area (Å²) in [5.41, 5.74) is 5.84. The Kier molecular flexibility index (Phi) is 5.01. The standard InChI is InChI=1S/C11H19N3O2S2.ClH/c1-8-13-6-10(17-8)18(15,16)14-5-4-9(12)11(2,3)7-14;/h6,9H,4-5,7,12H2,1-3H3;1H. The van der Waals surface area contributed by atoms with E-state index in [0.29, 0.717) is 23.7 Å². The number of hydrogen-bond donors (Lipinski definition) is 1. The largest absolute Gasteiger partial charge is 0.327 e. The highest BCUT2D eigenvalue weighted by Crippen LogP contribution is 2.32. The van der Waals surface area contributed by atoms with Crippen molar-refractivity contribution >= 4 is 33.8 Å². The number of rotatable bonds is 2. The van der Waals surface area contributed by atoms with Crippen LogP contribution in [0.4, 0.5) is 0 Å². The second-order valence-corrected chi connectivity index (χ2v) is 8.82. The third-order valence-corrected chi connectivity index (χ3v) is 6.67. The minimum atomic E-state index is -3.40. The number of piperidine rings is 1. The van der Waals surface area contributed by atoms with Crippen LogP contribution in [0, 0.1) is 12.3 Å². The lowest BCUT2D eigenvalue weighted by molar-refractivity contribution is 0.156. The van der Waals surface area contributed by atoms with Crippen molar-refractivity contribution in [3.05, 3.63) is 11.2 Å². The van der Waals surface area contributed by atoms with Gasteiger partial charge in [0.15, 0.2) is 4.21 Å². The highest BCUT2D eigenvalue weighted by molar-refractivity contribution is 7.91. The van der Waals surface area contributed by atoms with Crippen LogP contribution in [0.15, 0.2) is 10.4 Å². The average Bonchev–Trinajstić information content (AvgIpc) is 2.69. The van der Waals surface area contributed by atoms with Gasteiger partial charge in [-0.25, -0.2) is 13.4 Å². The first kappa shape index (κ1) is 16.8. The van der Waals surface area contributed by atoms with E-state index in [-0.39, 0.29) is 23.9 Å². The fraction of sp³-hybridized carbons (Fsp3) is 0.727. The number of hydrogen-bond acceptors (Lipinski definition) is 5. The van der Waals surface area contributed by atoms with Crippen LogP contribution >= 0.6 is 23.7 Å². The van der Waals surface area contributed by atoms with E-state index in [4.69, 9.17) is 5.73 Å². The molecule has 0 aromatic carbocycles. The normalized spacial score (nSPS) is 23.9. The minimum absolute atomic E-state index is 0. The average molecular weight is 326 g/mol. The van der Waals surface area contributed by atoms with Gasteiger partial charge in [0, 0.05) is 19.1 Å². The summed E-state index contributed by atoms with van der Waals surface area (Å²) in [7, 11) is -3.40. The highest BCUT2D eigenvalue weighted by Gasteiger charge is 2.39. The lowest BCUT2D eigenvalue weighted by Gasteiger charge is -2.41. The zero-order chi connectivity index (χ0) is 13.6. The van der Waals surface area contributed by atoms with E-state index < -0.39 is 10.0 Å². The Hall–Kier alpha value is -0.210. The molecule has 5 nitrogen and oxygen atoms in total. The van der Waals surface area contributed by atoms with Gasteiger partial charge < -0.3 is 5.73 Å². The van der Waals surface area contributed by atoms with Gasteiger partial charge in [0.1, 0.15) is 0 Å². The van der Waals surface area contributed by atoms with Crippen LogP contribution in [0.1, 0.15) is 25.3 Å². The smallest absolute Gasteiger partial charge is 0.254 e. The second kappa shape index (κ2) is 5.65. The van der Waals surface area contributed by atoms with Crippen molar-refractivity contribution < 1.29 is 8.42 Å². The van der Waals surface area contributed by atoms with Crippen LogP contribution in [0.5, 0.6) is 0 Å². The summed E-state index contributed by atoms with van der Waals surface area (Å²) in [5.74, 6) is 0. The maximum absolute atomic E-state index is 12.5. The van der Waals surface area contributed by atoms with Gasteiger partial charge in [0.2, 0.25) is 0 Å². The van der Waals surface area contributed by atoms with E-state index in [0.717, 1.165) is 5.01 Å². The maximum Gasteiger partial charge on any atom is 0.254 e. The number of nitrogens with zero attached hydrogens (tertiary/aromatic N) is 2. The van der Waals surface area contributed by atoms with E-state index in [1.54, 1.807) is 6.92 Å². The van der Waals surface area contributed by atoms with Gasteiger partial charge in [-0.15, -0.1) is 23.7 Å². The summed E-state index contributed by atoms with van der Waals surface area (Å²) in [6.45, 7) is 6.78. The molecule has 1 saturated heterocycles. The topological polar surface area (TPSA) is 76.3 Å². The number of halogens is 1. The molecule has 1 aliphatic rings. The van der Waals surface area contributed by atoms with Gasteiger partial charge in [-0.3, -0.25) is 0 Å². The summed E-state index contributed by atoms with van der Waals surface area (Å²) in [4.78, 5) is 4.02. The molecule has 8 heteroatoms. The van der Waals surface area contributed by atoms with Crippen LogP contribution in [0.2, 0.25) is 0 Å². The van der Waals surface area contributed by atoms with E-state index in [1.165, 1.54) is 21.8 Å². The van der Waals surface area contributed by atoms with Gasteiger partial charge in [-0.05, 0) is 18.8 Å². The first-order valence-electron chi connectivity index (χ1n) is 5.92. The molecule has 1 unspecified atom stereocenters. The Labute approximate surface area is 124 Å². The van der Waals surface area contributed by atoms with Crippen molar-refractivity contribution in [2.75, 3.05) is 13.1 Å². The molecule has 19 heavy (non-hydrogen) atoms. The Morgan fingerprint density at radius 3 is 2.63 bits per heavy atom. The molecule has 0 amide bonds. The third-order valence-electron chi connectivity index (χ3n) is 3.47. The Bertz CT molecular complexity index is 542. The molecular weight excluding hydrogens is 306 g/mol. The molecule has 0 spiro atoms. The second-order valence-electron chi connectivity index (χ2n) is 5.42. The molecule has 1 aromatic rings. The van der Waals surface area contributed by atoms with Crippen LogP contribution in [0.25, 0.3) is 0 Å². The number of sulfonamides is 1. The predicted octanol–water partition coefficient (Wildman–Crippen LogP) is 1.62. The summed E-state index contributed by atoms with van der Waals surface area (Å²) in [6.07, 6.45) is 2.14. The first-order valence-corrected chi connectivity index (χ1v) is 8.17. The van der Waals surface area contributed by atoms with Crippen molar-refractivity contribution in [1.82, 2.24) is 9.29 Å². The quantitative estimate of drug-likeness (QED) is 0.896. The maximum atomic E-state index is 12.5. The van der Waals surface area contributed by atoms with Gasteiger partial charge >= 0.3 is 0 Å². The molecule has 1 aromatic heterocycles. The van der Waals surface area contributed by atoms with E-state index in [2.05, 4.69) is 4.98 Å². The predicted molar refractivity (Wildman–Crippen MR) is 79.2 cm³/mol. The Morgan fingerprint density at radius 1 is 1.53 bits per heavy atom. The summed E-state index contributed by atoms with van der Waals surface area (Å²) in [5, 5.41) is 0.765. The summed E-state index contributed by atoms with van der Waals surface area (Å²) < 4.78 is 26.8. The van der Waals surface area contributed by atoms with Gasteiger partial charge in [-0.1, -0.05) is 13.8 Å². The highest BCUT2D eigenvalue weighted by atomic mass is 35.5. The molecule has 2 heterocycles. The van der Waals surface area contributed by atoms with Crippen LogP contribution < -0.4 is 5.73 Å². The fourth-order valence-corrected chi connectivity index (χ4v) is 5.01. The van der Waals surface area contributed by atoms with Crippen molar-refractivity contribution in [3.8, 4) is 0 Å². The molecule has 0 bridgehead atoms. The summed E-state index contributed by atoms with van der Waals surface area (Å²) >= 11 is 1.22. The molecule has 2 N–H and O–H groups in total. The number of thiazole rings is 1. The number of nitrogens with two attached hydrogens (primary N) is 1. The van der Waals surface area contributed by atoms with Crippen LogP contribution in [-0.4, -0.2) is 36.8 Å². The Morgan fingerprint density at radius 2 is 2.16 bits per heavy atom. The molecule has 2 rings (SSSR count). The third kappa shape index (κ3) is 3.28. The Balaban J connectivity index is 0.00000180. The van der Waals surface area contributed by atoms with Crippen LogP contribution in [0.3, 0.4) is 0 Å².